The number of H-pyrrole nitrogens is 1. The van der Waals surface area contributed by atoms with Gasteiger partial charge in [-0.1, -0.05) is 0 Å². The average molecular weight is 410 g/mol. The van der Waals surface area contributed by atoms with Crippen molar-refractivity contribution in [1.29, 1.82) is 0 Å². The van der Waals surface area contributed by atoms with Gasteiger partial charge in [-0.25, -0.2) is 5.10 Å². The highest BCUT2D eigenvalue weighted by molar-refractivity contribution is 5.87. The van der Waals surface area contributed by atoms with Crippen LogP contribution in [0.2, 0.25) is 0 Å². The van der Waals surface area contributed by atoms with Gasteiger partial charge in [-0.05, 0) is 36.2 Å². The number of nitrogens with zero attached hydrogens (tertiary/aromatic N) is 3. The standard InChI is InChI=1S/C22H26N4O4/c1-28-20-14-17-18(15-21(20)30-10-2-7-26-8-11-29-12-9-26)22(27)25-24-19(17)13-16-3-5-23-6-4-16/h3-6,14-15H,2,7-13H2,1H3,(H,25,27). The molecule has 0 aliphatic carbocycles. The van der Waals surface area contributed by atoms with Crippen LogP contribution in [0.4, 0.5) is 0 Å². The van der Waals surface area contributed by atoms with Crippen LogP contribution < -0.4 is 15.0 Å². The van der Waals surface area contributed by atoms with Gasteiger partial charge >= 0.3 is 0 Å². The lowest BCUT2D eigenvalue weighted by molar-refractivity contribution is 0.0357. The Balaban J connectivity index is 1.52. The molecular formula is C22H26N4O4. The molecule has 2 aromatic heterocycles. The van der Waals surface area contributed by atoms with E-state index in [1.54, 1.807) is 25.6 Å². The van der Waals surface area contributed by atoms with Gasteiger partial charge in [0.1, 0.15) is 0 Å². The molecule has 158 valence electrons. The summed E-state index contributed by atoms with van der Waals surface area (Å²) in [5.41, 5.74) is 1.59. The third-order valence-corrected chi connectivity index (χ3v) is 5.25. The predicted molar refractivity (Wildman–Crippen MR) is 113 cm³/mol. The Labute approximate surface area is 174 Å². The molecular weight excluding hydrogens is 384 g/mol. The molecule has 0 amide bonds. The zero-order valence-electron chi connectivity index (χ0n) is 17.1. The van der Waals surface area contributed by atoms with E-state index in [0.717, 1.165) is 55.9 Å². The number of pyridine rings is 1. The summed E-state index contributed by atoms with van der Waals surface area (Å²) in [4.78, 5) is 18.8. The minimum Gasteiger partial charge on any atom is -0.493 e. The van der Waals surface area contributed by atoms with Crippen molar-refractivity contribution in [2.75, 3.05) is 46.6 Å². The quantitative estimate of drug-likeness (QED) is 0.568. The van der Waals surface area contributed by atoms with Gasteiger partial charge in [0.05, 0.1) is 38.0 Å². The first-order valence-corrected chi connectivity index (χ1v) is 10.2. The monoisotopic (exact) mass is 410 g/mol. The van der Waals surface area contributed by atoms with E-state index in [2.05, 4.69) is 20.1 Å². The van der Waals surface area contributed by atoms with Gasteiger partial charge in [-0.3, -0.25) is 14.7 Å². The van der Waals surface area contributed by atoms with E-state index in [4.69, 9.17) is 14.2 Å². The van der Waals surface area contributed by atoms with E-state index < -0.39 is 0 Å². The first-order valence-electron chi connectivity index (χ1n) is 10.2. The highest BCUT2D eigenvalue weighted by Crippen LogP contribution is 2.32. The number of methoxy groups -OCH3 is 1. The molecule has 30 heavy (non-hydrogen) atoms. The molecule has 0 saturated carbocycles. The SMILES string of the molecule is COc1cc2c(Cc3ccncc3)n[nH]c(=O)c2cc1OCCCN1CCOCC1. The number of aromatic amines is 1. The Hall–Kier alpha value is -2.97. The lowest BCUT2D eigenvalue weighted by atomic mass is 10.0. The molecule has 3 aromatic rings. The van der Waals surface area contributed by atoms with E-state index >= 15 is 0 Å². The summed E-state index contributed by atoms with van der Waals surface area (Å²) in [6, 6.07) is 7.45. The van der Waals surface area contributed by atoms with Crippen LogP contribution in [-0.4, -0.2) is 66.6 Å². The number of rotatable bonds is 8. The summed E-state index contributed by atoms with van der Waals surface area (Å²) in [5.74, 6) is 1.16. The smallest absolute Gasteiger partial charge is 0.272 e. The summed E-state index contributed by atoms with van der Waals surface area (Å²) in [6.07, 6.45) is 4.96. The van der Waals surface area contributed by atoms with Crippen molar-refractivity contribution in [3.05, 3.63) is 58.3 Å². The summed E-state index contributed by atoms with van der Waals surface area (Å²) < 4.78 is 16.9. The molecule has 8 nitrogen and oxygen atoms in total. The Morgan fingerprint density at radius 2 is 1.90 bits per heavy atom. The number of benzene rings is 1. The Morgan fingerprint density at radius 1 is 1.13 bits per heavy atom. The molecule has 0 radical (unpaired) electrons. The van der Waals surface area contributed by atoms with Gasteiger partial charge in [-0.2, -0.15) is 5.10 Å². The molecule has 0 spiro atoms. The number of aromatic nitrogens is 3. The fraction of sp³-hybridized carbons (Fsp3) is 0.409. The summed E-state index contributed by atoms with van der Waals surface area (Å²) in [7, 11) is 1.60. The molecule has 1 aromatic carbocycles. The maximum atomic E-state index is 12.4. The Bertz CT molecular complexity index is 1030. The second-order valence-corrected chi connectivity index (χ2v) is 7.24. The maximum Gasteiger partial charge on any atom is 0.272 e. The second-order valence-electron chi connectivity index (χ2n) is 7.24. The van der Waals surface area contributed by atoms with Crippen LogP contribution in [0.3, 0.4) is 0 Å². The second kappa shape index (κ2) is 9.69. The third-order valence-electron chi connectivity index (χ3n) is 5.25. The highest BCUT2D eigenvalue weighted by Gasteiger charge is 2.15. The fourth-order valence-corrected chi connectivity index (χ4v) is 3.62. The number of ether oxygens (including phenoxy) is 3. The van der Waals surface area contributed by atoms with Crippen LogP contribution in [0.15, 0.2) is 41.5 Å². The minimum absolute atomic E-state index is 0.246. The largest absolute Gasteiger partial charge is 0.493 e. The lowest BCUT2D eigenvalue weighted by Crippen LogP contribution is -2.37. The van der Waals surface area contributed by atoms with Crippen LogP contribution >= 0.6 is 0 Å². The van der Waals surface area contributed by atoms with Crippen LogP contribution in [0, 0.1) is 0 Å². The molecule has 0 atom stereocenters. The molecule has 1 aliphatic heterocycles. The van der Waals surface area contributed by atoms with Crippen molar-refractivity contribution in [3.63, 3.8) is 0 Å². The normalized spacial score (nSPS) is 14.7. The zero-order chi connectivity index (χ0) is 20.8. The van der Waals surface area contributed by atoms with E-state index in [9.17, 15) is 4.79 Å². The van der Waals surface area contributed by atoms with E-state index in [1.807, 2.05) is 18.2 Å². The topological polar surface area (TPSA) is 89.6 Å². The Morgan fingerprint density at radius 3 is 2.67 bits per heavy atom. The first kappa shape index (κ1) is 20.3. The van der Waals surface area contributed by atoms with Crippen molar-refractivity contribution < 1.29 is 14.2 Å². The predicted octanol–water partition coefficient (Wildman–Crippen LogP) is 2.02. The summed E-state index contributed by atoms with van der Waals surface area (Å²) in [6.45, 7) is 5.01. The van der Waals surface area contributed by atoms with Gasteiger partial charge < -0.3 is 14.2 Å². The van der Waals surface area contributed by atoms with Gasteiger partial charge in [0.15, 0.2) is 11.5 Å². The van der Waals surface area contributed by atoms with Gasteiger partial charge in [-0.15, -0.1) is 0 Å². The number of hydrogen-bond acceptors (Lipinski definition) is 7. The van der Waals surface area contributed by atoms with E-state index in [-0.39, 0.29) is 5.56 Å². The summed E-state index contributed by atoms with van der Waals surface area (Å²) >= 11 is 0. The number of morpholine rings is 1. The van der Waals surface area contributed by atoms with Crippen LogP contribution in [0.1, 0.15) is 17.7 Å². The summed E-state index contributed by atoms with van der Waals surface area (Å²) in [5, 5.41) is 8.16. The van der Waals surface area contributed by atoms with E-state index in [0.29, 0.717) is 29.9 Å². The molecule has 1 N–H and O–H groups in total. The first-order chi connectivity index (χ1) is 14.7. The van der Waals surface area contributed by atoms with Crippen LogP contribution in [-0.2, 0) is 11.2 Å². The van der Waals surface area contributed by atoms with Crippen molar-refractivity contribution in [2.45, 2.75) is 12.8 Å². The number of hydrogen-bond donors (Lipinski definition) is 1. The van der Waals surface area contributed by atoms with Crippen molar-refractivity contribution in [1.82, 2.24) is 20.1 Å². The molecule has 8 heteroatoms. The lowest BCUT2D eigenvalue weighted by Gasteiger charge is -2.26. The average Bonchev–Trinajstić information content (AvgIpc) is 2.79. The van der Waals surface area contributed by atoms with Crippen LogP contribution in [0.25, 0.3) is 10.8 Å². The fourth-order valence-electron chi connectivity index (χ4n) is 3.62. The Kier molecular flexibility index (Phi) is 6.56. The van der Waals surface area contributed by atoms with Gasteiger partial charge in [0.25, 0.3) is 5.56 Å². The minimum atomic E-state index is -0.246. The third kappa shape index (κ3) is 4.77. The van der Waals surface area contributed by atoms with Crippen molar-refractivity contribution in [2.24, 2.45) is 0 Å². The molecule has 4 rings (SSSR count). The number of fused-ring (bicyclic) bond motifs is 1. The molecule has 0 bridgehead atoms. The molecule has 3 heterocycles. The molecule has 0 unspecified atom stereocenters. The maximum absolute atomic E-state index is 12.4. The van der Waals surface area contributed by atoms with Crippen molar-refractivity contribution >= 4 is 10.8 Å². The van der Waals surface area contributed by atoms with Gasteiger partial charge in [0, 0.05) is 43.8 Å². The van der Waals surface area contributed by atoms with Crippen LogP contribution in [0.5, 0.6) is 11.5 Å². The number of nitrogens with one attached hydrogen (secondary N) is 1. The molecule has 1 fully saturated rings. The van der Waals surface area contributed by atoms with Crippen molar-refractivity contribution in [3.8, 4) is 11.5 Å². The highest BCUT2D eigenvalue weighted by atomic mass is 16.5. The molecule has 1 saturated heterocycles. The van der Waals surface area contributed by atoms with Gasteiger partial charge in [0.2, 0.25) is 0 Å². The molecule has 1 aliphatic rings. The van der Waals surface area contributed by atoms with E-state index in [1.165, 1.54) is 0 Å². The zero-order valence-corrected chi connectivity index (χ0v) is 17.1.